The summed E-state index contributed by atoms with van der Waals surface area (Å²) in [5.41, 5.74) is 1.01. The maximum absolute atomic E-state index is 12.5. The van der Waals surface area contributed by atoms with E-state index >= 15 is 0 Å². The number of carbonyl (C=O) groups excluding carboxylic acids is 2. The Morgan fingerprint density at radius 2 is 1.96 bits per heavy atom. The summed E-state index contributed by atoms with van der Waals surface area (Å²) in [7, 11) is 0. The molecule has 1 aromatic heterocycles. The fraction of sp³-hybridized carbons (Fsp3) is 0.722. The first-order valence-corrected chi connectivity index (χ1v) is 11.1. The Morgan fingerprint density at radius 1 is 1.20 bits per heavy atom. The Balaban J connectivity index is 1.40. The third-order valence-electron chi connectivity index (χ3n) is 5.01. The zero-order chi connectivity index (χ0) is 17.6. The number of carbonyl (C=O) groups is 2. The molecule has 0 aliphatic carbocycles. The minimum Gasteiger partial charge on any atom is -0.343 e. The molecule has 2 saturated heterocycles. The van der Waals surface area contributed by atoms with Crippen molar-refractivity contribution in [3.8, 4) is 0 Å². The molecule has 0 unspecified atom stereocenters. The van der Waals surface area contributed by atoms with Crippen LogP contribution in [-0.4, -0.2) is 58.5 Å². The summed E-state index contributed by atoms with van der Waals surface area (Å²) in [4.78, 5) is 33.1. The average Bonchev–Trinajstić information content (AvgIpc) is 3.29. The second-order valence-electron chi connectivity index (χ2n) is 7.02. The van der Waals surface area contributed by atoms with Crippen LogP contribution >= 0.6 is 23.1 Å². The predicted octanol–water partition coefficient (Wildman–Crippen LogP) is 3.18. The third kappa shape index (κ3) is 5.45. The molecule has 25 heavy (non-hydrogen) atoms. The number of aromatic nitrogens is 1. The zero-order valence-electron chi connectivity index (χ0n) is 14.9. The largest absolute Gasteiger partial charge is 0.343 e. The Labute approximate surface area is 158 Å². The lowest BCUT2D eigenvalue weighted by molar-refractivity contribution is -0.131. The average molecular weight is 382 g/mol. The van der Waals surface area contributed by atoms with Gasteiger partial charge < -0.3 is 9.80 Å². The van der Waals surface area contributed by atoms with E-state index < -0.39 is 0 Å². The van der Waals surface area contributed by atoms with Crippen molar-refractivity contribution < 1.29 is 9.59 Å². The highest BCUT2D eigenvalue weighted by molar-refractivity contribution is 8.01. The number of aryl methyl sites for hydroxylation is 1. The van der Waals surface area contributed by atoms with E-state index in [4.69, 9.17) is 0 Å². The number of rotatable bonds is 6. The number of hydrogen-bond acceptors (Lipinski definition) is 5. The van der Waals surface area contributed by atoms with Crippen LogP contribution in [0.3, 0.4) is 0 Å². The van der Waals surface area contributed by atoms with Crippen molar-refractivity contribution >= 4 is 34.9 Å². The monoisotopic (exact) mass is 381 g/mol. The molecule has 7 heteroatoms. The van der Waals surface area contributed by atoms with Gasteiger partial charge in [0, 0.05) is 43.7 Å². The minimum absolute atomic E-state index is 0.202. The Morgan fingerprint density at radius 3 is 2.68 bits per heavy atom. The first-order chi connectivity index (χ1) is 12.1. The van der Waals surface area contributed by atoms with Crippen LogP contribution in [0.4, 0.5) is 0 Å². The van der Waals surface area contributed by atoms with Gasteiger partial charge in [0.1, 0.15) is 0 Å². The van der Waals surface area contributed by atoms with Gasteiger partial charge in [0.05, 0.1) is 5.75 Å². The van der Waals surface area contributed by atoms with E-state index in [0.29, 0.717) is 24.0 Å². The highest BCUT2D eigenvalue weighted by Crippen LogP contribution is 2.25. The van der Waals surface area contributed by atoms with Crippen molar-refractivity contribution in [1.82, 2.24) is 14.8 Å². The van der Waals surface area contributed by atoms with E-state index in [-0.39, 0.29) is 5.91 Å². The van der Waals surface area contributed by atoms with Crippen LogP contribution < -0.4 is 0 Å². The summed E-state index contributed by atoms with van der Waals surface area (Å²) >= 11 is 3.14. The molecule has 1 aromatic rings. The van der Waals surface area contributed by atoms with Crippen molar-refractivity contribution in [3.63, 3.8) is 0 Å². The fourth-order valence-corrected chi connectivity index (χ4v) is 5.35. The number of amides is 2. The molecule has 2 aliphatic rings. The highest BCUT2D eigenvalue weighted by Gasteiger charge is 2.25. The summed E-state index contributed by atoms with van der Waals surface area (Å²) in [6, 6.07) is 0. The van der Waals surface area contributed by atoms with Gasteiger partial charge in [0.25, 0.3) is 0 Å². The molecule has 2 aliphatic heterocycles. The molecule has 0 radical (unpaired) electrons. The van der Waals surface area contributed by atoms with Crippen molar-refractivity contribution in [2.75, 3.05) is 31.9 Å². The maximum atomic E-state index is 12.5. The summed E-state index contributed by atoms with van der Waals surface area (Å²) in [6.07, 6.45) is 6.03. The summed E-state index contributed by atoms with van der Waals surface area (Å²) < 4.78 is 0.968. The van der Waals surface area contributed by atoms with Crippen molar-refractivity contribution in [2.45, 2.75) is 49.8 Å². The molecule has 0 N–H and O–H groups in total. The SMILES string of the molecule is Cc1csc(SCC(=O)N2CCC[C@H](CCC(=O)N3CCCC3)C2)n1. The quantitative estimate of drug-likeness (QED) is 0.710. The van der Waals surface area contributed by atoms with Gasteiger partial charge in [0.15, 0.2) is 4.34 Å². The van der Waals surface area contributed by atoms with Crippen LogP contribution in [0.15, 0.2) is 9.72 Å². The van der Waals surface area contributed by atoms with Gasteiger partial charge in [-0.05, 0) is 44.9 Å². The maximum Gasteiger partial charge on any atom is 0.233 e. The number of likely N-dealkylation sites (tertiary alicyclic amines) is 2. The molecule has 1 atom stereocenters. The Kier molecular flexibility index (Phi) is 6.76. The van der Waals surface area contributed by atoms with Crippen LogP contribution in [-0.2, 0) is 9.59 Å². The topological polar surface area (TPSA) is 53.5 Å². The smallest absolute Gasteiger partial charge is 0.233 e. The van der Waals surface area contributed by atoms with Gasteiger partial charge in [-0.3, -0.25) is 9.59 Å². The summed E-state index contributed by atoms with van der Waals surface area (Å²) in [6.45, 7) is 5.50. The molecule has 3 heterocycles. The molecule has 2 fully saturated rings. The molecular weight excluding hydrogens is 354 g/mol. The lowest BCUT2D eigenvalue weighted by atomic mass is 9.93. The second-order valence-corrected chi connectivity index (χ2v) is 9.10. The zero-order valence-corrected chi connectivity index (χ0v) is 16.5. The first-order valence-electron chi connectivity index (χ1n) is 9.22. The Bertz CT molecular complexity index is 599. The van der Waals surface area contributed by atoms with Crippen molar-refractivity contribution in [3.05, 3.63) is 11.1 Å². The minimum atomic E-state index is 0.202. The fourth-order valence-electron chi connectivity index (χ4n) is 3.59. The molecule has 0 bridgehead atoms. The molecule has 0 saturated carbocycles. The van der Waals surface area contributed by atoms with Crippen LogP contribution in [0.5, 0.6) is 0 Å². The number of nitrogens with zero attached hydrogens (tertiary/aromatic N) is 3. The van der Waals surface area contributed by atoms with Crippen LogP contribution in [0.2, 0.25) is 0 Å². The predicted molar refractivity (Wildman–Crippen MR) is 102 cm³/mol. The second kappa shape index (κ2) is 9.03. The third-order valence-corrected chi connectivity index (χ3v) is 7.14. The van der Waals surface area contributed by atoms with Crippen molar-refractivity contribution in [2.24, 2.45) is 5.92 Å². The Hall–Kier alpha value is -1.08. The normalized spacial score (nSPS) is 20.9. The number of hydrogen-bond donors (Lipinski definition) is 0. The van der Waals surface area contributed by atoms with Crippen LogP contribution in [0.25, 0.3) is 0 Å². The number of thiazole rings is 1. The van der Waals surface area contributed by atoms with Gasteiger partial charge in [0.2, 0.25) is 11.8 Å². The lowest BCUT2D eigenvalue weighted by Gasteiger charge is -2.33. The van der Waals surface area contributed by atoms with Gasteiger partial charge in [-0.1, -0.05) is 11.8 Å². The van der Waals surface area contributed by atoms with Crippen molar-refractivity contribution in [1.29, 1.82) is 0 Å². The van der Waals surface area contributed by atoms with Gasteiger partial charge in [-0.2, -0.15) is 0 Å². The van der Waals surface area contributed by atoms with E-state index in [9.17, 15) is 9.59 Å². The highest BCUT2D eigenvalue weighted by atomic mass is 32.2. The van der Waals surface area contributed by atoms with Gasteiger partial charge in [-0.15, -0.1) is 11.3 Å². The van der Waals surface area contributed by atoms with Crippen LogP contribution in [0.1, 0.15) is 44.2 Å². The van der Waals surface area contributed by atoms with Gasteiger partial charge in [-0.25, -0.2) is 4.98 Å². The van der Waals surface area contributed by atoms with E-state index in [2.05, 4.69) is 4.98 Å². The lowest BCUT2D eigenvalue weighted by Crippen LogP contribution is -2.41. The number of thioether (sulfide) groups is 1. The molecule has 5 nitrogen and oxygen atoms in total. The summed E-state index contributed by atoms with van der Waals surface area (Å²) in [5, 5.41) is 2.01. The van der Waals surface area contributed by atoms with E-state index in [1.165, 1.54) is 11.8 Å². The molecule has 2 amide bonds. The standard InChI is InChI=1S/C18H27N3O2S2/c1-14-12-24-18(19-14)25-13-17(23)21-10-4-5-15(11-21)6-7-16(22)20-8-2-3-9-20/h12,15H,2-11,13H2,1H3/t15-/m1/s1. The van der Waals surface area contributed by atoms with E-state index in [1.54, 1.807) is 11.3 Å². The molecule has 3 rings (SSSR count). The van der Waals surface area contributed by atoms with Gasteiger partial charge >= 0.3 is 0 Å². The first kappa shape index (κ1) is 18.7. The molecule has 0 spiro atoms. The molecule has 0 aromatic carbocycles. The van der Waals surface area contributed by atoms with Crippen LogP contribution in [0, 0.1) is 12.8 Å². The van der Waals surface area contributed by atoms with E-state index in [1.807, 2.05) is 22.1 Å². The number of piperidine rings is 1. The van der Waals surface area contributed by atoms with E-state index in [0.717, 1.165) is 68.3 Å². The summed E-state index contributed by atoms with van der Waals surface area (Å²) in [5.74, 6) is 1.44. The molecular formula is C18H27N3O2S2. The molecule has 138 valence electrons.